The summed E-state index contributed by atoms with van der Waals surface area (Å²) in [6.45, 7) is 4.72. The van der Waals surface area contributed by atoms with Crippen LogP contribution in [0, 0.1) is 18.6 Å². The van der Waals surface area contributed by atoms with Crippen molar-refractivity contribution in [2.75, 3.05) is 0 Å². The molecule has 3 nitrogen and oxygen atoms in total. The molecule has 0 spiro atoms. The molecule has 3 aromatic rings. The van der Waals surface area contributed by atoms with Crippen LogP contribution in [-0.2, 0) is 5.60 Å². The van der Waals surface area contributed by atoms with Gasteiger partial charge < -0.3 is 9.84 Å². The fraction of sp³-hybridized carbons (Fsp3) is 0.211. The summed E-state index contributed by atoms with van der Waals surface area (Å²) in [6, 6.07) is 10.3. The number of hydrogen-bond donors (Lipinski definition) is 1. The summed E-state index contributed by atoms with van der Waals surface area (Å²) in [7, 11) is 0. The lowest BCUT2D eigenvalue weighted by Gasteiger charge is -2.22. The highest BCUT2D eigenvalue weighted by molar-refractivity contribution is 5.80. The number of aliphatic hydroxyl groups is 1. The maximum atomic E-state index is 14.2. The fourth-order valence-corrected chi connectivity index (χ4v) is 2.63. The number of aromatic nitrogens is 1. The lowest BCUT2D eigenvalue weighted by Crippen LogP contribution is -2.18. The summed E-state index contributed by atoms with van der Waals surface area (Å²) in [6.07, 6.45) is 0. The minimum Gasteiger partial charge on any atom is -0.455 e. The number of aryl methyl sites for hydroxylation is 1. The van der Waals surface area contributed by atoms with Crippen molar-refractivity contribution in [1.82, 2.24) is 4.98 Å². The van der Waals surface area contributed by atoms with E-state index >= 15 is 0 Å². The van der Waals surface area contributed by atoms with Crippen molar-refractivity contribution in [3.63, 3.8) is 0 Å². The number of benzene rings is 2. The maximum absolute atomic E-state index is 14.2. The Hall–Kier alpha value is -2.53. The first-order valence-electron chi connectivity index (χ1n) is 7.52. The van der Waals surface area contributed by atoms with Gasteiger partial charge in [-0.3, -0.25) is 0 Å². The van der Waals surface area contributed by atoms with Gasteiger partial charge in [0.25, 0.3) is 0 Å². The molecule has 1 N–H and O–H groups in total. The maximum Gasteiger partial charge on any atom is 0.149 e. The third-order valence-electron chi connectivity index (χ3n) is 3.73. The lowest BCUT2D eigenvalue weighted by molar-refractivity contribution is 0.0720. The largest absolute Gasteiger partial charge is 0.455 e. The van der Waals surface area contributed by atoms with Gasteiger partial charge in [0, 0.05) is 5.39 Å². The van der Waals surface area contributed by atoms with Gasteiger partial charge in [-0.25, -0.2) is 13.8 Å². The van der Waals surface area contributed by atoms with Crippen LogP contribution in [0.4, 0.5) is 8.78 Å². The van der Waals surface area contributed by atoms with E-state index in [1.54, 1.807) is 25.1 Å². The van der Waals surface area contributed by atoms with Gasteiger partial charge in [0.05, 0.1) is 22.4 Å². The highest BCUT2D eigenvalue weighted by Gasteiger charge is 2.26. The summed E-state index contributed by atoms with van der Waals surface area (Å²) < 4.78 is 33.4. The first kappa shape index (κ1) is 16.3. The zero-order valence-corrected chi connectivity index (χ0v) is 13.6. The second-order valence-electron chi connectivity index (χ2n) is 6.18. The molecular formula is C19H17F2NO2. The summed E-state index contributed by atoms with van der Waals surface area (Å²) in [5, 5.41) is 10.8. The molecule has 0 saturated carbocycles. The predicted molar refractivity (Wildman–Crippen MR) is 88.2 cm³/mol. The minimum absolute atomic E-state index is 0.0590. The number of ether oxygens (including phenoxy) is 1. The molecule has 0 aliphatic rings. The molecule has 0 fully saturated rings. The van der Waals surface area contributed by atoms with Crippen LogP contribution in [0.1, 0.15) is 25.1 Å². The monoisotopic (exact) mass is 329 g/mol. The van der Waals surface area contributed by atoms with Gasteiger partial charge in [-0.15, -0.1) is 0 Å². The molecule has 3 rings (SSSR count). The molecular weight excluding hydrogens is 312 g/mol. The van der Waals surface area contributed by atoms with Gasteiger partial charge >= 0.3 is 0 Å². The van der Waals surface area contributed by atoms with E-state index in [4.69, 9.17) is 4.74 Å². The number of rotatable bonds is 3. The Morgan fingerprint density at radius 3 is 2.50 bits per heavy atom. The van der Waals surface area contributed by atoms with Gasteiger partial charge in [0.2, 0.25) is 0 Å². The van der Waals surface area contributed by atoms with Crippen LogP contribution in [0.2, 0.25) is 0 Å². The molecule has 0 aliphatic carbocycles. The van der Waals surface area contributed by atoms with Crippen molar-refractivity contribution < 1.29 is 18.6 Å². The Labute approximate surface area is 138 Å². The van der Waals surface area contributed by atoms with E-state index in [0.717, 1.165) is 0 Å². The fourth-order valence-electron chi connectivity index (χ4n) is 2.63. The average molecular weight is 329 g/mol. The Morgan fingerprint density at radius 1 is 1.04 bits per heavy atom. The van der Waals surface area contributed by atoms with Gasteiger partial charge in [-0.1, -0.05) is 6.07 Å². The van der Waals surface area contributed by atoms with Crippen molar-refractivity contribution in [3.8, 4) is 11.5 Å². The molecule has 24 heavy (non-hydrogen) atoms. The van der Waals surface area contributed by atoms with Gasteiger partial charge in [-0.2, -0.15) is 0 Å². The van der Waals surface area contributed by atoms with Crippen molar-refractivity contribution in [1.29, 1.82) is 0 Å². The smallest absolute Gasteiger partial charge is 0.149 e. The third kappa shape index (κ3) is 3.08. The number of halogens is 2. The molecule has 5 heteroatoms. The summed E-state index contributed by atoms with van der Waals surface area (Å²) >= 11 is 0. The minimum atomic E-state index is -1.41. The van der Waals surface area contributed by atoms with E-state index in [1.807, 2.05) is 0 Å². The number of fused-ring (bicyclic) bond motifs is 1. The number of pyridine rings is 1. The Kier molecular flexibility index (Phi) is 3.97. The zero-order valence-electron chi connectivity index (χ0n) is 13.6. The highest BCUT2D eigenvalue weighted by Crippen LogP contribution is 2.36. The summed E-state index contributed by atoms with van der Waals surface area (Å²) in [4.78, 5) is 4.38. The molecule has 0 unspecified atom stereocenters. The van der Waals surface area contributed by atoms with Gasteiger partial charge in [0.15, 0.2) is 0 Å². The molecule has 2 aromatic carbocycles. The zero-order chi connectivity index (χ0) is 17.5. The van der Waals surface area contributed by atoms with Crippen molar-refractivity contribution in [2.24, 2.45) is 0 Å². The predicted octanol–water partition coefficient (Wildman–Crippen LogP) is 4.84. The highest BCUT2D eigenvalue weighted by atomic mass is 19.1. The van der Waals surface area contributed by atoms with Crippen molar-refractivity contribution in [3.05, 3.63) is 65.4 Å². The van der Waals surface area contributed by atoms with Crippen LogP contribution < -0.4 is 4.74 Å². The van der Waals surface area contributed by atoms with Gasteiger partial charge in [0.1, 0.15) is 23.1 Å². The quantitative estimate of drug-likeness (QED) is 0.747. The van der Waals surface area contributed by atoms with Gasteiger partial charge in [-0.05, 0) is 57.2 Å². The van der Waals surface area contributed by atoms with Crippen LogP contribution in [0.5, 0.6) is 11.5 Å². The third-order valence-corrected chi connectivity index (χ3v) is 3.73. The van der Waals surface area contributed by atoms with Crippen LogP contribution >= 0.6 is 0 Å². The lowest BCUT2D eigenvalue weighted by atomic mass is 9.96. The molecule has 124 valence electrons. The van der Waals surface area contributed by atoms with Crippen LogP contribution in [-0.4, -0.2) is 10.1 Å². The molecule has 0 atom stereocenters. The Bertz CT molecular complexity index is 917. The van der Waals surface area contributed by atoms with E-state index in [0.29, 0.717) is 22.3 Å². The first-order valence-corrected chi connectivity index (χ1v) is 7.52. The molecule has 0 aliphatic heterocycles. The molecule has 0 radical (unpaired) electrons. The topological polar surface area (TPSA) is 42.4 Å². The normalized spacial score (nSPS) is 11.8. The summed E-state index contributed by atoms with van der Waals surface area (Å²) in [5.74, 6) is -0.355. The second kappa shape index (κ2) is 5.83. The van der Waals surface area contributed by atoms with E-state index in [2.05, 4.69) is 4.98 Å². The first-order chi connectivity index (χ1) is 11.3. The molecule has 1 heterocycles. The van der Waals surface area contributed by atoms with E-state index < -0.39 is 11.4 Å². The number of hydrogen-bond acceptors (Lipinski definition) is 3. The van der Waals surface area contributed by atoms with Crippen molar-refractivity contribution in [2.45, 2.75) is 26.4 Å². The molecule has 1 aromatic heterocycles. The Balaban J connectivity index is 2.11. The summed E-state index contributed by atoms with van der Waals surface area (Å²) in [5.41, 5.74) is -0.127. The molecule has 0 saturated heterocycles. The standard InChI is InChI=1S/C19H17F2NO2/c1-11-17(10-12-9-13(20)7-8-15(12)22-11)24-16-6-4-5-14(21)18(16)19(2,3)23/h4-10,23H,1-3H3. The van der Waals surface area contributed by atoms with Crippen molar-refractivity contribution >= 4 is 10.9 Å². The average Bonchev–Trinajstić information content (AvgIpc) is 2.47. The van der Waals surface area contributed by atoms with E-state index in [-0.39, 0.29) is 17.1 Å². The Morgan fingerprint density at radius 2 is 1.79 bits per heavy atom. The van der Waals surface area contributed by atoms with Crippen LogP contribution in [0.3, 0.4) is 0 Å². The molecule has 0 amide bonds. The van der Waals surface area contributed by atoms with E-state index in [9.17, 15) is 13.9 Å². The second-order valence-corrected chi connectivity index (χ2v) is 6.18. The number of nitrogens with zero attached hydrogens (tertiary/aromatic N) is 1. The SMILES string of the molecule is Cc1nc2ccc(F)cc2cc1Oc1cccc(F)c1C(C)(C)O. The van der Waals surface area contributed by atoms with E-state index in [1.165, 1.54) is 38.1 Å². The van der Waals surface area contributed by atoms with Crippen LogP contribution in [0.25, 0.3) is 10.9 Å². The molecule has 0 bridgehead atoms. The van der Waals surface area contributed by atoms with Crippen LogP contribution in [0.15, 0.2) is 42.5 Å².